The number of nitrogens with one attached hydrogen (secondary N) is 1. The van der Waals surface area contributed by atoms with E-state index in [1.807, 2.05) is 30.8 Å². The van der Waals surface area contributed by atoms with Crippen LogP contribution in [0, 0.1) is 5.41 Å². The van der Waals surface area contributed by atoms with Gasteiger partial charge in [-0.2, -0.15) is 0 Å². The minimum absolute atomic E-state index is 0.242. The first-order valence-corrected chi connectivity index (χ1v) is 16.9. The third-order valence-electron chi connectivity index (χ3n) is 10.4. The van der Waals surface area contributed by atoms with Crippen LogP contribution < -0.4 is 0 Å². The van der Waals surface area contributed by atoms with Gasteiger partial charge in [-0.1, -0.05) is 43.5 Å². The van der Waals surface area contributed by atoms with Gasteiger partial charge < -0.3 is 19.2 Å². The molecule has 9 nitrogen and oxygen atoms in total. The Morgan fingerprint density at radius 1 is 1.00 bits per heavy atom. The normalized spacial score (nSPS) is 20.4. The molecule has 1 aliphatic carbocycles. The summed E-state index contributed by atoms with van der Waals surface area (Å²) in [5, 5.41) is 0. The monoisotopic (exact) mass is 601 g/mol. The Bertz CT molecular complexity index is 1310. The van der Waals surface area contributed by atoms with Gasteiger partial charge in [0.1, 0.15) is 17.7 Å². The highest BCUT2D eigenvalue weighted by Crippen LogP contribution is 2.42. The van der Waals surface area contributed by atoms with Crippen molar-refractivity contribution in [1.29, 1.82) is 0 Å². The number of rotatable bonds is 12. The smallest absolute Gasteiger partial charge is 0.328 e. The van der Waals surface area contributed by atoms with E-state index in [1.54, 1.807) is 12.4 Å². The number of aromatic nitrogens is 4. The van der Waals surface area contributed by atoms with Crippen molar-refractivity contribution in [2.45, 2.75) is 103 Å². The molecule has 238 valence electrons. The van der Waals surface area contributed by atoms with Gasteiger partial charge in [-0.25, -0.2) is 14.8 Å². The number of benzene rings is 1. The molecule has 1 saturated carbocycles. The van der Waals surface area contributed by atoms with Gasteiger partial charge in [-0.3, -0.25) is 9.80 Å². The van der Waals surface area contributed by atoms with Crippen molar-refractivity contribution in [2.75, 3.05) is 32.8 Å². The molecule has 3 aliphatic rings. The van der Waals surface area contributed by atoms with Crippen LogP contribution in [0.25, 0.3) is 0 Å². The van der Waals surface area contributed by atoms with Crippen LogP contribution >= 0.6 is 0 Å². The van der Waals surface area contributed by atoms with E-state index in [4.69, 9.17) is 4.74 Å². The molecule has 9 heteroatoms. The molecule has 2 aromatic heterocycles. The third kappa shape index (κ3) is 7.61. The Hall–Kier alpha value is -3.01. The summed E-state index contributed by atoms with van der Waals surface area (Å²) >= 11 is 0. The van der Waals surface area contributed by atoms with E-state index in [0.717, 1.165) is 30.8 Å². The highest BCUT2D eigenvalue weighted by atomic mass is 16.5. The summed E-state index contributed by atoms with van der Waals surface area (Å²) in [5.74, 6) is 1.50. The minimum Gasteiger partial charge on any atom is -0.464 e. The average Bonchev–Trinajstić information content (AvgIpc) is 3.81. The van der Waals surface area contributed by atoms with E-state index < -0.39 is 6.04 Å². The molecule has 1 spiro atoms. The van der Waals surface area contributed by atoms with Crippen molar-refractivity contribution in [3.05, 3.63) is 71.8 Å². The summed E-state index contributed by atoms with van der Waals surface area (Å²) in [7, 11) is 0. The number of H-pyrrole nitrogens is 1. The number of ether oxygens (including phenoxy) is 1. The fraction of sp³-hybridized carbons (Fsp3) is 0.629. The predicted molar refractivity (Wildman–Crippen MR) is 172 cm³/mol. The van der Waals surface area contributed by atoms with E-state index in [-0.39, 0.29) is 5.97 Å². The van der Waals surface area contributed by atoms with Crippen molar-refractivity contribution >= 4 is 5.97 Å². The lowest BCUT2D eigenvalue weighted by atomic mass is 9.77. The SMILES string of the molecule is CCOC(=O)C(C)n1ccnc1CN(Cc1ccc(CN2CCC3(CCN(C4CCCCC4)CC3)C2)cc1)Cc1ncc[nH]1. The number of hydrogen-bond donors (Lipinski definition) is 1. The van der Waals surface area contributed by atoms with E-state index in [9.17, 15) is 4.79 Å². The molecular formula is C35H51N7O2. The second-order valence-electron chi connectivity index (χ2n) is 13.5. The largest absolute Gasteiger partial charge is 0.464 e. The van der Waals surface area contributed by atoms with Crippen molar-refractivity contribution in [3.8, 4) is 0 Å². The van der Waals surface area contributed by atoms with Crippen molar-refractivity contribution in [2.24, 2.45) is 5.41 Å². The second kappa shape index (κ2) is 14.4. The first-order valence-electron chi connectivity index (χ1n) is 16.9. The average molecular weight is 602 g/mol. The van der Waals surface area contributed by atoms with Gasteiger partial charge in [0.05, 0.1) is 19.7 Å². The predicted octanol–water partition coefficient (Wildman–Crippen LogP) is 5.55. The summed E-state index contributed by atoms with van der Waals surface area (Å²) in [5.41, 5.74) is 3.18. The lowest BCUT2D eigenvalue weighted by molar-refractivity contribution is -0.146. The summed E-state index contributed by atoms with van der Waals surface area (Å²) in [6, 6.07) is 9.59. The molecular weight excluding hydrogens is 550 g/mol. The van der Waals surface area contributed by atoms with Crippen LogP contribution in [0.1, 0.15) is 94.0 Å². The quantitative estimate of drug-likeness (QED) is 0.273. The summed E-state index contributed by atoms with van der Waals surface area (Å²) in [4.78, 5) is 32.6. The van der Waals surface area contributed by atoms with Gasteiger partial charge in [0.2, 0.25) is 0 Å². The second-order valence-corrected chi connectivity index (χ2v) is 13.5. The molecule has 0 radical (unpaired) electrons. The number of nitrogens with zero attached hydrogens (tertiary/aromatic N) is 6. The zero-order valence-electron chi connectivity index (χ0n) is 26.8. The van der Waals surface area contributed by atoms with Gasteiger partial charge in [0, 0.05) is 50.5 Å². The topological polar surface area (TPSA) is 82.5 Å². The highest BCUT2D eigenvalue weighted by Gasteiger charge is 2.41. The van der Waals surface area contributed by atoms with Gasteiger partial charge >= 0.3 is 5.97 Å². The summed E-state index contributed by atoms with van der Waals surface area (Å²) in [6.45, 7) is 12.2. The molecule has 1 unspecified atom stereocenters. The molecule has 1 aromatic carbocycles. The van der Waals surface area contributed by atoms with Crippen LogP contribution in [0.4, 0.5) is 0 Å². The van der Waals surface area contributed by atoms with Crippen LogP contribution in [-0.4, -0.2) is 79.0 Å². The fourth-order valence-corrected chi connectivity index (χ4v) is 7.81. The molecule has 0 bridgehead atoms. The molecule has 3 fully saturated rings. The Labute approximate surface area is 263 Å². The van der Waals surface area contributed by atoms with Crippen LogP contribution in [0.5, 0.6) is 0 Å². The molecule has 4 heterocycles. The highest BCUT2D eigenvalue weighted by molar-refractivity contribution is 5.73. The number of hydrogen-bond acceptors (Lipinski definition) is 7. The molecule has 2 saturated heterocycles. The van der Waals surface area contributed by atoms with Gasteiger partial charge in [-0.05, 0) is 82.1 Å². The zero-order chi connectivity index (χ0) is 30.4. The number of piperidine rings is 1. The van der Waals surface area contributed by atoms with Crippen molar-refractivity contribution in [1.82, 2.24) is 34.2 Å². The molecule has 1 N–H and O–H groups in total. The number of likely N-dealkylation sites (tertiary alicyclic amines) is 2. The van der Waals surface area contributed by atoms with Crippen LogP contribution in [-0.2, 0) is 35.7 Å². The van der Waals surface area contributed by atoms with Crippen LogP contribution in [0.15, 0.2) is 49.1 Å². The summed E-state index contributed by atoms with van der Waals surface area (Å²) in [6.07, 6.45) is 18.5. The number of esters is 1. The number of carbonyl (C=O) groups is 1. The fourth-order valence-electron chi connectivity index (χ4n) is 7.81. The maximum atomic E-state index is 12.4. The van der Waals surface area contributed by atoms with Gasteiger partial charge in [-0.15, -0.1) is 0 Å². The van der Waals surface area contributed by atoms with E-state index in [2.05, 4.69) is 53.9 Å². The van der Waals surface area contributed by atoms with E-state index >= 15 is 0 Å². The zero-order valence-corrected chi connectivity index (χ0v) is 26.8. The Morgan fingerprint density at radius 2 is 1.75 bits per heavy atom. The molecule has 0 amide bonds. The van der Waals surface area contributed by atoms with Gasteiger partial charge in [0.25, 0.3) is 0 Å². The lowest BCUT2D eigenvalue weighted by Gasteiger charge is -2.43. The standard InChI is InChI=1S/C35H51N7O2/c1-3-44-34(43)28(2)42-22-18-38-33(42)26-40(25-32-36-16-17-37-32)24-30-11-9-29(10-12-30)23-39-19-13-35(27-39)14-20-41(21-15-35)31-7-5-4-6-8-31/h9-12,16-18,22,28,31H,3-8,13-15,19-21,23-27H2,1-2H3,(H,36,37). The molecule has 44 heavy (non-hydrogen) atoms. The minimum atomic E-state index is -0.425. The number of aromatic amines is 1. The van der Waals surface area contributed by atoms with Gasteiger partial charge in [0.15, 0.2) is 0 Å². The van der Waals surface area contributed by atoms with Crippen molar-refractivity contribution < 1.29 is 9.53 Å². The summed E-state index contributed by atoms with van der Waals surface area (Å²) < 4.78 is 7.18. The third-order valence-corrected chi connectivity index (χ3v) is 10.4. The maximum absolute atomic E-state index is 12.4. The Balaban J connectivity index is 1.04. The van der Waals surface area contributed by atoms with E-state index in [0.29, 0.717) is 25.1 Å². The molecule has 2 aliphatic heterocycles. The molecule has 3 aromatic rings. The Morgan fingerprint density at radius 3 is 2.48 bits per heavy atom. The van der Waals surface area contributed by atoms with E-state index in [1.165, 1.54) is 88.7 Å². The van der Waals surface area contributed by atoms with Crippen LogP contribution in [0.2, 0.25) is 0 Å². The Kier molecular flexibility index (Phi) is 10.1. The molecule has 1 atom stereocenters. The van der Waals surface area contributed by atoms with Crippen molar-refractivity contribution in [3.63, 3.8) is 0 Å². The van der Waals surface area contributed by atoms with Crippen LogP contribution in [0.3, 0.4) is 0 Å². The maximum Gasteiger partial charge on any atom is 0.328 e. The lowest BCUT2D eigenvalue weighted by Crippen LogP contribution is -2.46. The first kappa shape index (κ1) is 31.0. The number of imidazole rings is 2. The number of carbonyl (C=O) groups excluding carboxylic acids is 1. The molecule has 6 rings (SSSR count). The first-order chi connectivity index (χ1) is 21.5.